The third-order valence-corrected chi connectivity index (χ3v) is 9.34. The highest BCUT2D eigenvalue weighted by molar-refractivity contribution is 7.15. The molecule has 1 saturated heterocycles. The predicted molar refractivity (Wildman–Crippen MR) is 146 cm³/mol. The molecule has 2 aromatic carbocycles. The van der Waals surface area contributed by atoms with E-state index in [1.54, 1.807) is 11.3 Å². The van der Waals surface area contributed by atoms with Gasteiger partial charge in [0.2, 0.25) is 5.88 Å². The van der Waals surface area contributed by atoms with E-state index in [1.807, 2.05) is 48.2 Å². The van der Waals surface area contributed by atoms with Crippen LogP contribution in [0.1, 0.15) is 40.3 Å². The van der Waals surface area contributed by atoms with Gasteiger partial charge in [-0.2, -0.15) is 4.37 Å². The summed E-state index contributed by atoms with van der Waals surface area (Å²) in [5, 5.41) is 4.61. The third kappa shape index (κ3) is 4.62. The maximum Gasteiger partial charge on any atom is 0.414 e. The van der Waals surface area contributed by atoms with Crippen molar-refractivity contribution >= 4 is 45.0 Å². The number of amides is 2. The molecule has 9 heteroatoms. The van der Waals surface area contributed by atoms with Gasteiger partial charge in [-0.05, 0) is 67.8 Å². The molecule has 7 nitrogen and oxygen atoms in total. The van der Waals surface area contributed by atoms with Crippen molar-refractivity contribution in [2.75, 3.05) is 13.1 Å². The van der Waals surface area contributed by atoms with E-state index in [4.69, 9.17) is 4.74 Å². The van der Waals surface area contributed by atoms with Crippen LogP contribution in [0.3, 0.4) is 0 Å². The SMILES string of the molecule is Cc1cccc(-c2sc(C)nc2C(=O)N2C[C@@H]3CCC[C@@H]3[C@H]2CNC(=O)Oc2nsc3ccccc23)c1. The molecule has 0 radical (unpaired) electrons. The summed E-state index contributed by atoms with van der Waals surface area (Å²) < 4.78 is 10.8. The summed E-state index contributed by atoms with van der Waals surface area (Å²) in [7, 11) is 0. The lowest BCUT2D eigenvalue weighted by Crippen LogP contribution is -2.46. The zero-order chi connectivity index (χ0) is 25.5. The summed E-state index contributed by atoms with van der Waals surface area (Å²) in [4.78, 5) is 34.2. The number of nitrogens with zero attached hydrogens (tertiary/aromatic N) is 3. The second-order valence-corrected chi connectivity index (χ2v) is 11.9. The minimum atomic E-state index is -0.546. The maximum atomic E-state index is 13.9. The van der Waals surface area contributed by atoms with Gasteiger partial charge in [-0.15, -0.1) is 11.3 Å². The van der Waals surface area contributed by atoms with Crippen molar-refractivity contribution in [2.24, 2.45) is 11.8 Å². The Morgan fingerprint density at radius 1 is 1.14 bits per heavy atom. The van der Waals surface area contributed by atoms with E-state index in [0.717, 1.165) is 50.4 Å². The Hall–Kier alpha value is -3.30. The number of hydrogen-bond acceptors (Lipinski definition) is 7. The highest BCUT2D eigenvalue weighted by Gasteiger charge is 2.47. The van der Waals surface area contributed by atoms with Crippen molar-refractivity contribution in [3.63, 3.8) is 0 Å². The smallest absolute Gasteiger partial charge is 0.390 e. The highest BCUT2D eigenvalue weighted by Crippen LogP contribution is 2.43. The Morgan fingerprint density at radius 3 is 2.86 bits per heavy atom. The molecule has 0 spiro atoms. The van der Waals surface area contributed by atoms with E-state index in [1.165, 1.54) is 11.5 Å². The average Bonchev–Trinajstić information content (AvgIpc) is 3.66. The van der Waals surface area contributed by atoms with Crippen molar-refractivity contribution in [1.82, 2.24) is 19.6 Å². The van der Waals surface area contributed by atoms with Gasteiger partial charge in [0, 0.05) is 13.1 Å². The molecule has 2 aromatic heterocycles. The number of likely N-dealkylation sites (tertiary alicyclic amines) is 1. The summed E-state index contributed by atoms with van der Waals surface area (Å²) in [5.41, 5.74) is 2.67. The number of hydrogen-bond donors (Lipinski definition) is 1. The zero-order valence-electron chi connectivity index (χ0n) is 20.8. The number of benzene rings is 2. The van der Waals surface area contributed by atoms with Gasteiger partial charge in [0.05, 0.1) is 26.0 Å². The van der Waals surface area contributed by atoms with E-state index in [0.29, 0.717) is 36.5 Å². The molecule has 2 fully saturated rings. The lowest BCUT2D eigenvalue weighted by Gasteiger charge is -2.28. The molecule has 1 aliphatic heterocycles. The Kier molecular flexibility index (Phi) is 6.42. The second-order valence-electron chi connectivity index (χ2n) is 9.91. The van der Waals surface area contributed by atoms with Crippen LogP contribution in [0.15, 0.2) is 48.5 Å². The van der Waals surface area contributed by atoms with Crippen LogP contribution in [0.4, 0.5) is 4.79 Å². The van der Waals surface area contributed by atoms with Crippen molar-refractivity contribution in [2.45, 2.75) is 39.2 Å². The second kappa shape index (κ2) is 9.87. The molecule has 0 bridgehead atoms. The minimum absolute atomic E-state index is 0.0547. The number of nitrogens with one attached hydrogen (secondary N) is 1. The molecule has 1 N–H and O–H groups in total. The van der Waals surface area contributed by atoms with Gasteiger partial charge in [0.25, 0.3) is 5.91 Å². The van der Waals surface area contributed by atoms with Crippen LogP contribution in [-0.2, 0) is 0 Å². The van der Waals surface area contributed by atoms with E-state index < -0.39 is 6.09 Å². The number of aryl methyl sites for hydroxylation is 2. The maximum absolute atomic E-state index is 13.9. The Morgan fingerprint density at radius 2 is 2.00 bits per heavy atom. The number of ether oxygens (including phenoxy) is 1. The molecule has 3 atom stereocenters. The fourth-order valence-corrected chi connectivity index (χ4v) is 7.47. The number of thiazole rings is 1. The molecule has 0 unspecified atom stereocenters. The number of fused-ring (bicyclic) bond motifs is 2. The molecule has 2 amide bonds. The van der Waals surface area contributed by atoms with Gasteiger partial charge in [-0.1, -0.05) is 48.4 Å². The lowest BCUT2D eigenvalue weighted by molar-refractivity contribution is 0.0706. The Bertz CT molecular complexity index is 1480. The first kappa shape index (κ1) is 24.1. The van der Waals surface area contributed by atoms with Crippen molar-refractivity contribution in [3.05, 3.63) is 64.8 Å². The van der Waals surface area contributed by atoms with Gasteiger partial charge in [0.15, 0.2) is 0 Å². The molecule has 3 heterocycles. The van der Waals surface area contributed by atoms with Gasteiger partial charge < -0.3 is 15.0 Å². The minimum Gasteiger partial charge on any atom is -0.390 e. The summed E-state index contributed by atoms with van der Waals surface area (Å²) in [6.07, 6.45) is 2.79. The number of carbonyl (C=O) groups excluding carboxylic acids is 2. The first-order valence-electron chi connectivity index (χ1n) is 12.6. The van der Waals surface area contributed by atoms with Crippen LogP contribution < -0.4 is 10.1 Å². The van der Waals surface area contributed by atoms with Gasteiger partial charge in [0.1, 0.15) is 5.69 Å². The Balaban J connectivity index is 1.21. The number of rotatable bonds is 5. The van der Waals surface area contributed by atoms with Crippen molar-refractivity contribution in [1.29, 1.82) is 0 Å². The topological polar surface area (TPSA) is 84.4 Å². The molecular formula is C28H28N4O3S2. The van der Waals surface area contributed by atoms with Crippen molar-refractivity contribution < 1.29 is 14.3 Å². The number of carbonyl (C=O) groups is 2. The van der Waals surface area contributed by atoms with Crippen LogP contribution in [0.5, 0.6) is 5.88 Å². The van der Waals surface area contributed by atoms with Gasteiger partial charge in [-0.25, -0.2) is 9.78 Å². The number of aromatic nitrogens is 2. The van der Waals surface area contributed by atoms with Crippen LogP contribution in [0, 0.1) is 25.7 Å². The molecule has 4 aromatic rings. The van der Waals surface area contributed by atoms with Gasteiger partial charge >= 0.3 is 6.09 Å². The van der Waals surface area contributed by atoms with E-state index in [2.05, 4.69) is 33.7 Å². The fraction of sp³-hybridized carbons (Fsp3) is 0.357. The quantitative estimate of drug-likeness (QED) is 0.337. The predicted octanol–water partition coefficient (Wildman–Crippen LogP) is 6.07. The summed E-state index contributed by atoms with van der Waals surface area (Å²) in [6, 6.07) is 15.8. The van der Waals surface area contributed by atoms with Crippen molar-refractivity contribution in [3.8, 4) is 16.3 Å². The fourth-order valence-electron chi connectivity index (χ4n) is 5.85. The van der Waals surface area contributed by atoms with Crippen LogP contribution in [0.25, 0.3) is 20.5 Å². The third-order valence-electron chi connectivity index (χ3n) is 7.51. The summed E-state index contributed by atoms with van der Waals surface area (Å²) >= 11 is 2.85. The monoisotopic (exact) mass is 532 g/mol. The van der Waals surface area contributed by atoms with Gasteiger partial charge in [-0.3, -0.25) is 4.79 Å². The normalized spacial score (nSPS) is 20.8. The van der Waals surface area contributed by atoms with Crippen LogP contribution in [-0.4, -0.2) is 45.4 Å². The van der Waals surface area contributed by atoms with E-state index in [-0.39, 0.29) is 11.9 Å². The van der Waals surface area contributed by atoms with E-state index in [9.17, 15) is 9.59 Å². The molecule has 37 heavy (non-hydrogen) atoms. The average molecular weight is 533 g/mol. The molecule has 1 saturated carbocycles. The van der Waals surface area contributed by atoms with Crippen LogP contribution in [0.2, 0.25) is 0 Å². The lowest BCUT2D eigenvalue weighted by atomic mass is 9.94. The largest absolute Gasteiger partial charge is 0.414 e. The first-order chi connectivity index (χ1) is 18.0. The molecule has 190 valence electrons. The van der Waals surface area contributed by atoms with E-state index >= 15 is 0 Å². The molecule has 2 aliphatic rings. The molecule has 1 aliphatic carbocycles. The zero-order valence-corrected chi connectivity index (χ0v) is 22.4. The first-order valence-corrected chi connectivity index (χ1v) is 14.2. The molecular weight excluding hydrogens is 504 g/mol. The summed E-state index contributed by atoms with van der Waals surface area (Å²) in [5.74, 6) is 1.08. The standard InChI is InChI=1S/C28H28N4O3S2/c1-16-7-5-8-18(13-16)25-24(30-17(2)36-25)27(33)32-15-19-9-6-11-20(19)22(32)14-29-28(34)35-26-21-10-3-4-12-23(21)37-31-26/h3-5,7-8,10,12-13,19-20,22H,6,9,11,14-15H2,1-2H3,(H,29,34)/t19-,20-,22+/m0/s1. The highest BCUT2D eigenvalue weighted by atomic mass is 32.1. The molecule has 6 rings (SSSR count). The summed E-state index contributed by atoms with van der Waals surface area (Å²) in [6.45, 7) is 5.04. The van der Waals surface area contributed by atoms with Crippen LogP contribution >= 0.6 is 22.9 Å². The Labute approximate surface area is 223 Å².